The van der Waals surface area contributed by atoms with Gasteiger partial charge >= 0.3 is 0 Å². The summed E-state index contributed by atoms with van der Waals surface area (Å²) in [5.41, 5.74) is 9.68. The summed E-state index contributed by atoms with van der Waals surface area (Å²) in [6, 6.07) is 57.1. The van der Waals surface area contributed by atoms with Crippen molar-refractivity contribution in [2.24, 2.45) is 0 Å². The van der Waals surface area contributed by atoms with E-state index in [0.29, 0.717) is 34.1 Å². The van der Waals surface area contributed by atoms with E-state index in [0.717, 1.165) is 87.9 Å². The second-order valence-corrected chi connectivity index (χ2v) is 14.8. The average molecular weight is 766 g/mol. The third kappa shape index (κ3) is 5.14. The number of rotatable bonds is 5. The maximum absolute atomic E-state index is 6.78. The van der Waals surface area contributed by atoms with Crippen molar-refractivity contribution in [3.63, 3.8) is 0 Å². The first kappa shape index (κ1) is 32.6. The molecule has 0 fully saturated rings. The van der Waals surface area contributed by atoms with Gasteiger partial charge in [0.05, 0.1) is 11.0 Å². The smallest absolute Gasteiger partial charge is 0.238 e. The fraction of sp³-hybridized carbons (Fsp3) is 0. The largest absolute Gasteiger partial charge is 0.456 e. The molecule has 0 aliphatic heterocycles. The highest BCUT2D eigenvalue weighted by Crippen LogP contribution is 2.42. The van der Waals surface area contributed by atoms with Gasteiger partial charge in [-0.2, -0.15) is 9.97 Å². The summed E-state index contributed by atoms with van der Waals surface area (Å²) in [5.74, 6) is 2.09. The van der Waals surface area contributed by atoms with Crippen molar-refractivity contribution < 1.29 is 8.83 Å². The Balaban J connectivity index is 1.12. The van der Waals surface area contributed by atoms with Gasteiger partial charge in [-0.1, -0.05) is 121 Å². The van der Waals surface area contributed by atoms with Gasteiger partial charge in [-0.15, -0.1) is 0 Å². The molecule has 8 aromatic carbocycles. The first-order valence-electron chi connectivity index (χ1n) is 19.0. The molecule has 0 atom stereocenters. The maximum Gasteiger partial charge on any atom is 0.238 e. The Morgan fingerprint density at radius 3 is 1.91 bits per heavy atom. The Bertz CT molecular complexity index is 3570. The highest BCUT2D eigenvalue weighted by atomic mass is 35.5. The van der Waals surface area contributed by atoms with E-state index in [4.69, 9.17) is 40.4 Å². The molecule has 12 rings (SSSR count). The van der Waals surface area contributed by atoms with E-state index in [1.807, 2.05) is 97.1 Å². The van der Waals surface area contributed by atoms with Crippen LogP contribution < -0.4 is 0 Å². The van der Waals surface area contributed by atoms with Crippen LogP contribution in [-0.2, 0) is 0 Å². The fourth-order valence-electron chi connectivity index (χ4n) is 8.23. The Morgan fingerprint density at radius 2 is 1.09 bits per heavy atom. The lowest BCUT2D eigenvalue weighted by Crippen LogP contribution is -2.06. The molecule has 0 amide bonds. The van der Waals surface area contributed by atoms with Crippen molar-refractivity contribution in [1.29, 1.82) is 0 Å². The zero-order valence-electron chi connectivity index (χ0n) is 30.6. The molecule has 0 spiro atoms. The summed E-state index contributed by atoms with van der Waals surface area (Å²) in [6.07, 6.45) is 0. The number of furan rings is 1. The Kier molecular flexibility index (Phi) is 7.15. The van der Waals surface area contributed by atoms with Crippen LogP contribution in [0.1, 0.15) is 0 Å². The van der Waals surface area contributed by atoms with E-state index < -0.39 is 0 Å². The van der Waals surface area contributed by atoms with E-state index >= 15 is 0 Å². The highest BCUT2D eigenvalue weighted by Gasteiger charge is 2.23. The summed E-state index contributed by atoms with van der Waals surface area (Å²) in [5, 5.41) is 6.58. The van der Waals surface area contributed by atoms with Crippen molar-refractivity contribution >= 4 is 77.2 Å². The lowest BCUT2D eigenvalue weighted by atomic mass is 10.0. The fourth-order valence-corrected chi connectivity index (χ4v) is 8.40. The molecule has 4 heterocycles. The van der Waals surface area contributed by atoms with Gasteiger partial charge in [0, 0.05) is 48.6 Å². The van der Waals surface area contributed by atoms with Gasteiger partial charge in [0.2, 0.25) is 11.8 Å². The predicted molar refractivity (Wildman–Crippen MR) is 233 cm³/mol. The SMILES string of the molecule is Clc1ccc2c(c1)c1c3c(ccc4nc(-c5ccccc5)oc43)ccc1n2-c1nc(-c2ccc(-c3ccccc3)cc2)nc(-c2ccc3c(c2)oc2ccccc23)n1. The summed E-state index contributed by atoms with van der Waals surface area (Å²) in [7, 11) is 0. The van der Waals surface area contributed by atoms with Gasteiger partial charge in [0.1, 0.15) is 16.7 Å². The normalized spacial score (nSPS) is 11.9. The molecule has 0 saturated carbocycles. The van der Waals surface area contributed by atoms with Gasteiger partial charge in [-0.3, -0.25) is 4.57 Å². The van der Waals surface area contributed by atoms with E-state index in [2.05, 4.69) is 77.4 Å². The van der Waals surface area contributed by atoms with Crippen molar-refractivity contribution in [1.82, 2.24) is 24.5 Å². The maximum atomic E-state index is 6.78. The van der Waals surface area contributed by atoms with Crippen LogP contribution in [0.5, 0.6) is 0 Å². The molecule has 272 valence electrons. The number of benzene rings is 8. The molecule has 0 saturated heterocycles. The summed E-state index contributed by atoms with van der Waals surface area (Å²) in [4.78, 5) is 20.5. The van der Waals surface area contributed by atoms with Gasteiger partial charge in [0.15, 0.2) is 17.2 Å². The van der Waals surface area contributed by atoms with Crippen molar-refractivity contribution in [3.05, 3.63) is 175 Å². The summed E-state index contributed by atoms with van der Waals surface area (Å²) >= 11 is 6.78. The van der Waals surface area contributed by atoms with E-state index in [1.165, 1.54) is 0 Å². The number of para-hydroxylation sites is 1. The van der Waals surface area contributed by atoms with Gasteiger partial charge < -0.3 is 8.83 Å². The van der Waals surface area contributed by atoms with Crippen molar-refractivity contribution in [3.8, 4) is 51.3 Å². The van der Waals surface area contributed by atoms with Crippen LogP contribution in [0.4, 0.5) is 0 Å². The van der Waals surface area contributed by atoms with E-state index in [-0.39, 0.29) is 0 Å². The zero-order valence-corrected chi connectivity index (χ0v) is 31.4. The predicted octanol–water partition coefficient (Wildman–Crippen LogP) is 13.5. The van der Waals surface area contributed by atoms with Gasteiger partial charge in [-0.05, 0) is 77.2 Å². The van der Waals surface area contributed by atoms with Crippen LogP contribution in [0.15, 0.2) is 179 Å². The van der Waals surface area contributed by atoms with Crippen LogP contribution in [0, 0.1) is 0 Å². The second kappa shape index (κ2) is 12.7. The molecule has 4 aromatic heterocycles. The Labute approximate surface area is 335 Å². The third-order valence-corrected chi connectivity index (χ3v) is 11.2. The first-order chi connectivity index (χ1) is 28.6. The Morgan fingerprint density at radius 1 is 0.431 bits per heavy atom. The van der Waals surface area contributed by atoms with Crippen LogP contribution in [0.25, 0.3) is 117 Å². The topological polar surface area (TPSA) is 82.8 Å². The molecule has 0 bridgehead atoms. The molecule has 0 aliphatic carbocycles. The molecular weight excluding hydrogens is 738 g/mol. The van der Waals surface area contributed by atoms with Gasteiger partial charge in [-0.25, -0.2) is 9.97 Å². The highest BCUT2D eigenvalue weighted by molar-refractivity contribution is 6.33. The van der Waals surface area contributed by atoms with Gasteiger partial charge in [0.25, 0.3) is 0 Å². The third-order valence-electron chi connectivity index (χ3n) is 11.0. The molecule has 58 heavy (non-hydrogen) atoms. The molecule has 0 aliphatic rings. The lowest BCUT2D eigenvalue weighted by molar-refractivity contribution is 0.623. The van der Waals surface area contributed by atoms with Crippen LogP contribution in [-0.4, -0.2) is 24.5 Å². The molecule has 7 nitrogen and oxygen atoms in total. The van der Waals surface area contributed by atoms with Crippen molar-refractivity contribution in [2.45, 2.75) is 0 Å². The quantitative estimate of drug-likeness (QED) is 0.173. The molecule has 8 heteroatoms. The minimum Gasteiger partial charge on any atom is -0.456 e. The Hall–Kier alpha value is -7.61. The second-order valence-electron chi connectivity index (χ2n) is 14.4. The summed E-state index contributed by atoms with van der Waals surface area (Å²) in [6.45, 7) is 0. The number of nitrogens with zero attached hydrogens (tertiary/aromatic N) is 5. The molecule has 0 radical (unpaired) electrons. The standard InChI is InChI=1S/C50H28ClN5O2/c51-35-22-26-40-38(28-35)45-41(25-21-31-20-24-39-46(44(31)45)58-49(52-39)33-11-5-2-6-12-33)56(40)50-54-47(32-17-15-30(16-18-32)29-9-3-1-4-10-29)53-48(55-50)34-19-23-37-36-13-7-8-14-42(36)57-43(37)27-34/h1-28H. The van der Waals surface area contributed by atoms with Crippen LogP contribution >= 0.6 is 11.6 Å². The van der Waals surface area contributed by atoms with Crippen molar-refractivity contribution in [2.75, 3.05) is 0 Å². The molecule has 0 N–H and O–H groups in total. The molecular formula is C50H28ClN5O2. The number of aromatic nitrogens is 5. The number of hydrogen-bond donors (Lipinski definition) is 0. The number of halogens is 1. The number of fused-ring (bicyclic) bond motifs is 10. The zero-order chi connectivity index (χ0) is 38.3. The minimum absolute atomic E-state index is 0.466. The first-order valence-corrected chi connectivity index (χ1v) is 19.4. The van der Waals surface area contributed by atoms with E-state index in [1.54, 1.807) is 0 Å². The average Bonchev–Trinajstić information content (AvgIpc) is 3.98. The number of oxazole rings is 1. The minimum atomic E-state index is 0.466. The monoisotopic (exact) mass is 765 g/mol. The summed E-state index contributed by atoms with van der Waals surface area (Å²) < 4.78 is 15.0. The van der Waals surface area contributed by atoms with E-state index in [9.17, 15) is 0 Å². The molecule has 0 unspecified atom stereocenters. The molecule has 12 aromatic rings. The number of hydrogen-bond acceptors (Lipinski definition) is 6. The van der Waals surface area contributed by atoms with Crippen LogP contribution in [0.2, 0.25) is 5.02 Å². The lowest BCUT2D eigenvalue weighted by Gasteiger charge is -2.11. The van der Waals surface area contributed by atoms with Crippen LogP contribution in [0.3, 0.4) is 0 Å².